The lowest BCUT2D eigenvalue weighted by Crippen LogP contribution is -2.50. The highest BCUT2D eigenvalue weighted by Gasteiger charge is 2.32. The van der Waals surface area contributed by atoms with Crippen LogP contribution in [0.3, 0.4) is 0 Å². The number of amides is 1. The molecule has 178 valence electrons. The van der Waals surface area contributed by atoms with Gasteiger partial charge in [-0.2, -0.15) is 4.31 Å². The van der Waals surface area contributed by atoms with Crippen molar-refractivity contribution in [2.24, 2.45) is 0 Å². The van der Waals surface area contributed by atoms with Gasteiger partial charge in [-0.3, -0.25) is 9.78 Å². The number of fused-ring (bicyclic) bond motifs is 1. The second kappa shape index (κ2) is 9.20. The summed E-state index contributed by atoms with van der Waals surface area (Å²) in [5, 5.41) is 0.778. The van der Waals surface area contributed by atoms with Crippen LogP contribution in [0.15, 0.2) is 78.0 Å². The Morgan fingerprint density at radius 2 is 1.60 bits per heavy atom. The van der Waals surface area contributed by atoms with Gasteiger partial charge in [0.05, 0.1) is 21.7 Å². The minimum absolute atomic E-state index is 0.123. The normalized spacial score (nSPS) is 14.9. The van der Waals surface area contributed by atoms with Crippen LogP contribution in [0.25, 0.3) is 22.2 Å². The highest BCUT2D eigenvalue weighted by atomic mass is 32.2. The number of carbonyl (C=O) groups excluding carboxylic acids is 1. The van der Waals surface area contributed by atoms with Crippen LogP contribution in [0.2, 0.25) is 0 Å². The Bertz CT molecular complexity index is 1510. The number of piperazine rings is 1. The van der Waals surface area contributed by atoms with Crippen LogP contribution < -0.4 is 0 Å². The molecule has 2 aromatic heterocycles. The van der Waals surface area contributed by atoms with Gasteiger partial charge in [0.25, 0.3) is 5.91 Å². The third-order valence-corrected chi connectivity index (χ3v) is 8.46. The number of hydrogen-bond acceptors (Lipinski definition) is 5. The molecule has 0 spiro atoms. The molecule has 1 amide bonds. The number of carbonyl (C=O) groups is 1. The van der Waals surface area contributed by atoms with Gasteiger partial charge >= 0.3 is 0 Å². The van der Waals surface area contributed by atoms with E-state index in [1.807, 2.05) is 68.4 Å². The maximum atomic E-state index is 13.6. The summed E-state index contributed by atoms with van der Waals surface area (Å²) in [6, 6.07) is 18.5. The van der Waals surface area contributed by atoms with E-state index in [1.54, 1.807) is 23.4 Å². The number of nitrogens with zero attached hydrogens (tertiary/aromatic N) is 4. The second-order valence-electron chi connectivity index (χ2n) is 8.77. The van der Waals surface area contributed by atoms with Gasteiger partial charge in [-0.1, -0.05) is 35.9 Å². The summed E-state index contributed by atoms with van der Waals surface area (Å²) < 4.78 is 28.0. The van der Waals surface area contributed by atoms with Gasteiger partial charge in [0.15, 0.2) is 0 Å². The molecule has 0 bridgehead atoms. The molecule has 35 heavy (non-hydrogen) atoms. The van der Waals surface area contributed by atoms with Gasteiger partial charge in [0.2, 0.25) is 10.0 Å². The fourth-order valence-corrected chi connectivity index (χ4v) is 6.18. The summed E-state index contributed by atoms with van der Waals surface area (Å²) in [5.74, 6) is -0.123. The van der Waals surface area contributed by atoms with Crippen molar-refractivity contribution in [3.63, 3.8) is 0 Å². The molecule has 1 aliphatic heterocycles. The maximum absolute atomic E-state index is 13.6. The van der Waals surface area contributed by atoms with Crippen molar-refractivity contribution in [2.75, 3.05) is 26.2 Å². The molecule has 2 aromatic carbocycles. The lowest BCUT2D eigenvalue weighted by atomic mass is 10.0. The monoisotopic (exact) mass is 486 g/mol. The minimum Gasteiger partial charge on any atom is -0.336 e. The molecule has 5 rings (SSSR count). The van der Waals surface area contributed by atoms with E-state index in [2.05, 4.69) is 4.98 Å². The molecular formula is C27H26N4O3S. The number of pyridine rings is 2. The molecule has 4 aromatic rings. The summed E-state index contributed by atoms with van der Waals surface area (Å²) in [4.78, 5) is 24.5. The topological polar surface area (TPSA) is 83.5 Å². The molecule has 7 nitrogen and oxygen atoms in total. The fraction of sp³-hybridized carbons (Fsp3) is 0.222. The van der Waals surface area contributed by atoms with E-state index in [0.29, 0.717) is 29.2 Å². The van der Waals surface area contributed by atoms with Crippen LogP contribution in [0.5, 0.6) is 0 Å². The van der Waals surface area contributed by atoms with Gasteiger partial charge in [-0.05, 0) is 49.7 Å². The number of sulfonamides is 1. The van der Waals surface area contributed by atoms with E-state index >= 15 is 0 Å². The van der Waals surface area contributed by atoms with Gasteiger partial charge in [-0.25, -0.2) is 13.4 Å². The smallest absolute Gasteiger partial charge is 0.254 e. The van der Waals surface area contributed by atoms with Crippen LogP contribution in [-0.4, -0.2) is 59.7 Å². The Morgan fingerprint density at radius 1 is 0.886 bits per heavy atom. The minimum atomic E-state index is -3.62. The summed E-state index contributed by atoms with van der Waals surface area (Å²) in [7, 11) is -3.62. The summed E-state index contributed by atoms with van der Waals surface area (Å²) in [5.41, 5.74) is 4.63. The van der Waals surface area contributed by atoms with Gasteiger partial charge in [-0.15, -0.1) is 0 Å². The van der Waals surface area contributed by atoms with Crippen molar-refractivity contribution >= 4 is 26.8 Å². The first-order valence-electron chi connectivity index (χ1n) is 11.5. The van der Waals surface area contributed by atoms with Crippen LogP contribution in [-0.2, 0) is 10.0 Å². The third-order valence-electron chi connectivity index (χ3n) is 6.40. The second-order valence-corrected chi connectivity index (χ2v) is 10.7. The van der Waals surface area contributed by atoms with Gasteiger partial charge in [0, 0.05) is 49.5 Å². The maximum Gasteiger partial charge on any atom is 0.254 e. The van der Waals surface area contributed by atoms with E-state index < -0.39 is 10.0 Å². The number of hydrogen-bond donors (Lipinski definition) is 0. The number of aromatic nitrogens is 2. The zero-order valence-electron chi connectivity index (χ0n) is 19.7. The van der Waals surface area contributed by atoms with Crippen molar-refractivity contribution in [1.82, 2.24) is 19.2 Å². The van der Waals surface area contributed by atoms with E-state index in [9.17, 15) is 13.2 Å². The van der Waals surface area contributed by atoms with Crippen molar-refractivity contribution in [1.29, 1.82) is 0 Å². The van der Waals surface area contributed by atoms with Gasteiger partial charge in [0.1, 0.15) is 0 Å². The first-order valence-corrected chi connectivity index (χ1v) is 13.0. The van der Waals surface area contributed by atoms with Crippen molar-refractivity contribution < 1.29 is 13.2 Å². The molecule has 0 aliphatic carbocycles. The van der Waals surface area contributed by atoms with Crippen LogP contribution in [0.1, 0.15) is 21.5 Å². The average Bonchev–Trinajstić information content (AvgIpc) is 2.88. The number of para-hydroxylation sites is 1. The van der Waals surface area contributed by atoms with E-state index in [1.165, 1.54) is 4.31 Å². The van der Waals surface area contributed by atoms with Crippen LogP contribution in [0.4, 0.5) is 0 Å². The Morgan fingerprint density at radius 3 is 2.31 bits per heavy atom. The molecule has 0 N–H and O–H groups in total. The lowest BCUT2D eigenvalue weighted by molar-refractivity contribution is 0.0700. The SMILES string of the molecule is Cc1ccc(S(=O)(=O)N2CCN(C(=O)c3cc(-c4ccncc4)nc4ccccc34)CC2)c(C)c1. The summed E-state index contributed by atoms with van der Waals surface area (Å²) in [6.45, 7) is 4.91. The third kappa shape index (κ3) is 4.42. The highest BCUT2D eigenvalue weighted by Crippen LogP contribution is 2.27. The van der Waals surface area contributed by atoms with Crippen LogP contribution >= 0.6 is 0 Å². The molecule has 1 saturated heterocycles. The molecule has 8 heteroatoms. The van der Waals surface area contributed by atoms with E-state index in [4.69, 9.17) is 4.98 Å². The molecule has 1 fully saturated rings. The van der Waals surface area contributed by atoms with Gasteiger partial charge < -0.3 is 4.90 Å². The Labute approximate surface area is 205 Å². The lowest BCUT2D eigenvalue weighted by Gasteiger charge is -2.34. The molecule has 0 saturated carbocycles. The van der Waals surface area contributed by atoms with E-state index in [-0.39, 0.29) is 19.0 Å². The molecule has 3 heterocycles. The first kappa shape index (κ1) is 23.1. The Hall–Kier alpha value is -3.62. The quantitative estimate of drug-likeness (QED) is 0.434. The zero-order chi connectivity index (χ0) is 24.6. The average molecular weight is 487 g/mol. The van der Waals surface area contributed by atoms with Crippen molar-refractivity contribution in [3.05, 3.63) is 89.7 Å². The predicted octanol–water partition coefficient (Wildman–Crippen LogP) is 4.06. The Balaban J connectivity index is 1.41. The zero-order valence-corrected chi connectivity index (χ0v) is 20.5. The number of rotatable bonds is 4. The summed E-state index contributed by atoms with van der Waals surface area (Å²) in [6.07, 6.45) is 3.40. The van der Waals surface area contributed by atoms with Crippen molar-refractivity contribution in [2.45, 2.75) is 18.7 Å². The highest BCUT2D eigenvalue weighted by molar-refractivity contribution is 7.89. The molecule has 0 radical (unpaired) electrons. The molecule has 0 unspecified atom stereocenters. The molecule has 1 aliphatic rings. The number of aryl methyl sites for hydroxylation is 2. The standard InChI is InChI=1S/C27H26N4O3S/c1-19-7-8-26(20(2)17-19)35(33,34)31-15-13-30(14-16-31)27(32)23-18-25(21-9-11-28-12-10-21)29-24-6-4-3-5-22(23)24/h3-12,17-18H,13-16H2,1-2H3. The molecule has 0 atom stereocenters. The fourth-order valence-electron chi connectivity index (χ4n) is 4.55. The first-order chi connectivity index (χ1) is 16.8. The number of benzene rings is 2. The van der Waals surface area contributed by atoms with Crippen molar-refractivity contribution in [3.8, 4) is 11.3 Å². The van der Waals surface area contributed by atoms with E-state index in [0.717, 1.165) is 27.6 Å². The van der Waals surface area contributed by atoms with Crippen LogP contribution in [0, 0.1) is 13.8 Å². The largest absolute Gasteiger partial charge is 0.336 e. The Kier molecular flexibility index (Phi) is 6.08. The summed E-state index contributed by atoms with van der Waals surface area (Å²) >= 11 is 0. The predicted molar refractivity (Wildman–Crippen MR) is 136 cm³/mol. The molecular weight excluding hydrogens is 460 g/mol.